The second-order valence-corrected chi connectivity index (χ2v) is 2.98. The molecule has 0 spiro atoms. The number of hydrogen-bond donors (Lipinski definition) is 0. The SMILES string of the molecule is CCCCO[Si]CC. The van der Waals surface area contributed by atoms with Crippen molar-refractivity contribution in [3.05, 3.63) is 0 Å². The highest BCUT2D eigenvalue weighted by Crippen LogP contribution is 1.86. The van der Waals surface area contributed by atoms with E-state index in [9.17, 15) is 0 Å². The molecule has 0 fully saturated rings. The summed E-state index contributed by atoms with van der Waals surface area (Å²) in [5.41, 5.74) is 0. The summed E-state index contributed by atoms with van der Waals surface area (Å²) in [5.74, 6) is 0. The largest absolute Gasteiger partial charge is 0.417 e. The zero-order valence-electron chi connectivity index (χ0n) is 5.74. The van der Waals surface area contributed by atoms with E-state index in [1.165, 1.54) is 18.9 Å². The Bertz CT molecular complexity index is 33.5. The van der Waals surface area contributed by atoms with Crippen LogP contribution in [0.3, 0.4) is 0 Å². The lowest BCUT2D eigenvalue weighted by Gasteiger charge is -1.96. The molecule has 0 bridgehead atoms. The molecular formula is C6H14OSi. The van der Waals surface area contributed by atoms with E-state index in [0.717, 1.165) is 16.4 Å². The van der Waals surface area contributed by atoms with Gasteiger partial charge in [-0.15, -0.1) is 0 Å². The zero-order chi connectivity index (χ0) is 6.24. The van der Waals surface area contributed by atoms with E-state index in [1.807, 2.05) is 0 Å². The van der Waals surface area contributed by atoms with E-state index >= 15 is 0 Å². The van der Waals surface area contributed by atoms with Crippen LogP contribution in [0, 0.1) is 0 Å². The van der Waals surface area contributed by atoms with Crippen LogP contribution in [0.1, 0.15) is 26.7 Å². The van der Waals surface area contributed by atoms with E-state index in [0.29, 0.717) is 0 Å². The normalized spacial score (nSPS) is 9.75. The van der Waals surface area contributed by atoms with Crippen molar-refractivity contribution < 1.29 is 4.43 Å². The predicted molar refractivity (Wildman–Crippen MR) is 37.1 cm³/mol. The minimum atomic E-state index is 0.725. The molecule has 0 amide bonds. The summed E-state index contributed by atoms with van der Waals surface area (Å²) in [5, 5.41) is 0. The van der Waals surface area contributed by atoms with Gasteiger partial charge in [-0.05, 0) is 12.5 Å². The van der Waals surface area contributed by atoms with Gasteiger partial charge in [0.2, 0.25) is 9.76 Å². The van der Waals surface area contributed by atoms with E-state index in [4.69, 9.17) is 4.43 Å². The van der Waals surface area contributed by atoms with E-state index in [-0.39, 0.29) is 0 Å². The molecule has 1 nitrogen and oxygen atoms in total. The Balaban J connectivity index is 2.53. The Morgan fingerprint density at radius 1 is 1.38 bits per heavy atom. The molecule has 48 valence electrons. The molecule has 0 aromatic carbocycles. The predicted octanol–water partition coefficient (Wildman–Crippen LogP) is 1.86. The van der Waals surface area contributed by atoms with Crippen molar-refractivity contribution in [3.63, 3.8) is 0 Å². The van der Waals surface area contributed by atoms with Crippen molar-refractivity contribution in [2.24, 2.45) is 0 Å². The molecule has 0 aromatic heterocycles. The molecular weight excluding hydrogens is 116 g/mol. The van der Waals surface area contributed by atoms with Crippen LogP contribution in [0.25, 0.3) is 0 Å². The fraction of sp³-hybridized carbons (Fsp3) is 1.00. The van der Waals surface area contributed by atoms with Gasteiger partial charge in [0.15, 0.2) is 0 Å². The Morgan fingerprint density at radius 3 is 2.62 bits per heavy atom. The van der Waals surface area contributed by atoms with Gasteiger partial charge in [0.05, 0.1) is 0 Å². The molecule has 2 heteroatoms. The fourth-order valence-corrected chi connectivity index (χ4v) is 0.884. The van der Waals surface area contributed by atoms with Gasteiger partial charge in [0, 0.05) is 6.61 Å². The second-order valence-electron chi connectivity index (χ2n) is 1.70. The lowest BCUT2D eigenvalue weighted by molar-refractivity contribution is 0.326. The van der Waals surface area contributed by atoms with Crippen LogP contribution in [-0.2, 0) is 4.43 Å². The summed E-state index contributed by atoms with van der Waals surface area (Å²) in [6, 6.07) is 1.17. The molecule has 0 rings (SSSR count). The van der Waals surface area contributed by atoms with Gasteiger partial charge in [-0.1, -0.05) is 20.3 Å². The van der Waals surface area contributed by atoms with Crippen molar-refractivity contribution in [1.29, 1.82) is 0 Å². The van der Waals surface area contributed by atoms with Crippen LogP contribution in [0.2, 0.25) is 6.04 Å². The molecule has 0 aliphatic rings. The highest BCUT2D eigenvalue weighted by molar-refractivity contribution is 6.26. The topological polar surface area (TPSA) is 9.23 Å². The second kappa shape index (κ2) is 7.18. The maximum Gasteiger partial charge on any atom is 0.229 e. The van der Waals surface area contributed by atoms with Crippen LogP contribution in [0.4, 0.5) is 0 Å². The third-order valence-electron chi connectivity index (χ3n) is 0.846. The highest BCUT2D eigenvalue weighted by atomic mass is 28.2. The lowest BCUT2D eigenvalue weighted by Crippen LogP contribution is -1.97. The molecule has 0 N–H and O–H groups in total. The average molecular weight is 130 g/mol. The molecule has 2 radical (unpaired) electrons. The van der Waals surface area contributed by atoms with Gasteiger partial charge >= 0.3 is 0 Å². The molecule has 0 aliphatic carbocycles. The van der Waals surface area contributed by atoms with Crippen LogP contribution in [0.15, 0.2) is 0 Å². The summed E-state index contributed by atoms with van der Waals surface area (Å²) in [4.78, 5) is 0. The van der Waals surface area contributed by atoms with E-state index < -0.39 is 0 Å². The van der Waals surface area contributed by atoms with Gasteiger partial charge in [0.25, 0.3) is 0 Å². The first-order valence-electron chi connectivity index (χ1n) is 3.26. The first-order chi connectivity index (χ1) is 3.91. The summed E-state index contributed by atoms with van der Waals surface area (Å²) in [6.45, 7) is 5.28. The number of rotatable bonds is 5. The van der Waals surface area contributed by atoms with Gasteiger partial charge in [-0.3, -0.25) is 0 Å². The summed E-state index contributed by atoms with van der Waals surface area (Å²) in [7, 11) is 0.725. The third-order valence-corrected chi connectivity index (χ3v) is 1.54. The molecule has 0 saturated heterocycles. The number of hydrogen-bond acceptors (Lipinski definition) is 1. The fourth-order valence-electron chi connectivity index (χ4n) is 0.391. The molecule has 0 atom stereocenters. The van der Waals surface area contributed by atoms with E-state index in [1.54, 1.807) is 0 Å². The Morgan fingerprint density at radius 2 is 2.12 bits per heavy atom. The highest BCUT2D eigenvalue weighted by Gasteiger charge is 1.84. The quantitative estimate of drug-likeness (QED) is 0.408. The molecule has 8 heavy (non-hydrogen) atoms. The summed E-state index contributed by atoms with van der Waals surface area (Å²) >= 11 is 0. The van der Waals surface area contributed by atoms with Crippen molar-refractivity contribution >= 4 is 9.76 Å². The summed E-state index contributed by atoms with van der Waals surface area (Å²) in [6.07, 6.45) is 2.46. The van der Waals surface area contributed by atoms with Crippen molar-refractivity contribution in [3.8, 4) is 0 Å². The molecule has 0 aromatic rings. The van der Waals surface area contributed by atoms with Gasteiger partial charge in [0.1, 0.15) is 0 Å². The van der Waals surface area contributed by atoms with E-state index in [2.05, 4.69) is 13.8 Å². The average Bonchev–Trinajstić information content (AvgIpc) is 1.81. The monoisotopic (exact) mass is 130 g/mol. The minimum absolute atomic E-state index is 0.725. The Kier molecular flexibility index (Phi) is 7.34. The maximum absolute atomic E-state index is 5.25. The first-order valence-corrected chi connectivity index (χ1v) is 4.38. The third kappa shape index (κ3) is 6.18. The minimum Gasteiger partial charge on any atom is -0.417 e. The smallest absolute Gasteiger partial charge is 0.229 e. The lowest BCUT2D eigenvalue weighted by atomic mass is 10.4. The van der Waals surface area contributed by atoms with Crippen LogP contribution in [0.5, 0.6) is 0 Å². The van der Waals surface area contributed by atoms with Crippen LogP contribution < -0.4 is 0 Å². The van der Waals surface area contributed by atoms with Crippen molar-refractivity contribution in [1.82, 2.24) is 0 Å². The molecule has 0 heterocycles. The molecule has 0 saturated carbocycles. The first kappa shape index (κ1) is 8.18. The number of unbranched alkanes of at least 4 members (excludes halogenated alkanes) is 1. The Hall–Kier alpha value is 0.177. The maximum atomic E-state index is 5.25. The Labute approximate surface area is 54.4 Å². The zero-order valence-corrected chi connectivity index (χ0v) is 6.74. The summed E-state index contributed by atoms with van der Waals surface area (Å²) < 4.78 is 5.25. The van der Waals surface area contributed by atoms with Crippen LogP contribution in [-0.4, -0.2) is 16.4 Å². The van der Waals surface area contributed by atoms with Crippen LogP contribution >= 0.6 is 0 Å². The standard InChI is InChI=1S/C6H14OSi/c1-3-5-6-7-8-4-2/h3-6H2,1-2H3. The molecule has 0 aliphatic heterocycles. The van der Waals surface area contributed by atoms with Crippen molar-refractivity contribution in [2.45, 2.75) is 32.7 Å². The van der Waals surface area contributed by atoms with Gasteiger partial charge in [-0.2, -0.15) is 0 Å². The van der Waals surface area contributed by atoms with Crippen molar-refractivity contribution in [2.75, 3.05) is 6.61 Å². The van der Waals surface area contributed by atoms with Gasteiger partial charge < -0.3 is 4.43 Å². The van der Waals surface area contributed by atoms with Gasteiger partial charge in [-0.25, -0.2) is 0 Å². The molecule has 0 unspecified atom stereocenters.